The van der Waals surface area contributed by atoms with E-state index >= 15 is 0 Å². The second-order valence-electron chi connectivity index (χ2n) is 4.79. The number of nitrogens with one attached hydrogen (secondary N) is 1. The number of hydrogen-bond acceptors (Lipinski definition) is 3. The molecule has 1 aliphatic rings. The van der Waals surface area contributed by atoms with E-state index in [1.165, 1.54) is 6.92 Å². The number of nitrogens with zero attached hydrogens (tertiary/aromatic N) is 1. The third kappa shape index (κ3) is 7.12. The van der Waals surface area contributed by atoms with E-state index < -0.39 is 22.7 Å². The molecule has 1 rings (SSSR count). The van der Waals surface area contributed by atoms with Gasteiger partial charge in [-0.3, -0.25) is 0 Å². The summed E-state index contributed by atoms with van der Waals surface area (Å²) in [6, 6.07) is 0.564. The summed E-state index contributed by atoms with van der Waals surface area (Å²) < 4.78 is 60.7. The lowest BCUT2D eigenvalue weighted by molar-refractivity contribution is -0.135. The molecule has 0 unspecified atom stereocenters. The zero-order valence-corrected chi connectivity index (χ0v) is 11.9. The zero-order chi connectivity index (χ0) is 14.5. The molecule has 0 atom stereocenters. The molecular weight excluding hydrogens is 281 g/mol. The topological polar surface area (TPSA) is 49.4 Å². The van der Waals surface area contributed by atoms with E-state index in [1.54, 1.807) is 0 Å². The van der Waals surface area contributed by atoms with Crippen LogP contribution in [0.3, 0.4) is 0 Å². The van der Waals surface area contributed by atoms with Crippen LogP contribution < -0.4 is 5.32 Å². The van der Waals surface area contributed by atoms with Gasteiger partial charge in [0.05, 0.1) is 5.75 Å². The predicted molar refractivity (Wildman–Crippen MR) is 67.3 cm³/mol. The maximum absolute atomic E-state index is 12.2. The lowest BCUT2D eigenvalue weighted by Crippen LogP contribution is -2.40. The van der Waals surface area contributed by atoms with Crippen LogP contribution >= 0.6 is 0 Å². The van der Waals surface area contributed by atoms with Crippen molar-refractivity contribution in [3.63, 3.8) is 0 Å². The first-order valence-electron chi connectivity index (χ1n) is 6.52. The summed E-state index contributed by atoms with van der Waals surface area (Å²) in [5, 5.41) is 3.24. The minimum Gasteiger partial charge on any atom is -0.314 e. The van der Waals surface area contributed by atoms with E-state index in [0.29, 0.717) is 23.2 Å². The van der Waals surface area contributed by atoms with E-state index in [0.717, 1.165) is 19.4 Å². The number of halogens is 3. The van der Waals surface area contributed by atoms with Crippen LogP contribution in [0.1, 0.15) is 32.6 Å². The van der Waals surface area contributed by atoms with Crippen molar-refractivity contribution in [1.82, 2.24) is 9.62 Å². The number of sulfonamides is 1. The summed E-state index contributed by atoms with van der Waals surface area (Å²) in [5.41, 5.74) is 0. The highest BCUT2D eigenvalue weighted by molar-refractivity contribution is 7.89. The summed E-state index contributed by atoms with van der Waals surface area (Å²) >= 11 is 0. The molecule has 0 bridgehead atoms. The van der Waals surface area contributed by atoms with Gasteiger partial charge in [0, 0.05) is 12.6 Å². The minimum atomic E-state index is -4.49. The van der Waals surface area contributed by atoms with Gasteiger partial charge in [-0.05, 0) is 32.2 Å². The fourth-order valence-electron chi connectivity index (χ4n) is 1.74. The molecule has 0 saturated heterocycles. The third-order valence-corrected chi connectivity index (χ3v) is 4.92. The van der Waals surface area contributed by atoms with Gasteiger partial charge >= 0.3 is 6.18 Å². The van der Waals surface area contributed by atoms with Gasteiger partial charge < -0.3 is 5.32 Å². The van der Waals surface area contributed by atoms with Gasteiger partial charge in [0.25, 0.3) is 0 Å². The highest BCUT2D eigenvalue weighted by Crippen LogP contribution is 2.20. The van der Waals surface area contributed by atoms with Crippen molar-refractivity contribution in [3.05, 3.63) is 0 Å². The van der Waals surface area contributed by atoms with Gasteiger partial charge in [0.1, 0.15) is 6.54 Å². The quantitative estimate of drug-likeness (QED) is 0.660. The molecule has 0 aromatic rings. The van der Waals surface area contributed by atoms with Crippen LogP contribution in [0.5, 0.6) is 0 Å². The van der Waals surface area contributed by atoms with E-state index in [4.69, 9.17) is 0 Å². The van der Waals surface area contributed by atoms with Crippen LogP contribution in [0.2, 0.25) is 0 Å². The molecule has 0 aromatic carbocycles. The lowest BCUT2D eigenvalue weighted by atomic mass is 10.3. The highest BCUT2D eigenvalue weighted by Gasteiger charge is 2.35. The monoisotopic (exact) mass is 302 g/mol. The first-order valence-corrected chi connectivity index (χ1v) is 8.13. The molecule has 0 amide bonds. The average molecular weight is 302 g/mol. The van der Waals surface area contributed by atoms with E-state index in [9.17, 15) is 21.6 Å². The average Bonchev–Trinajstić information content (AvgIpc) is 3.07. The molecule has 114 valence electrons. The van der Waals surface area contributed by atoms with Crippen molar-refractivity contribution in [2.45, 2.75) is 44.8 Å². The van der Waals surface area contributed by atoms with Crippen molar-refractivity contribution in [3.8, 4) is 0 Å². The molecule has 0 aliphatic heterocycles. The number of unbranched alkanes of at least 4 members (excludes halogenated alkanes) is 1. The molecule has 1 fully saturated rings. The largest absolute Gasteiger partial charge is 0.402 e. The highest BCUT2D eigenvalue weighted by atomic mass is 32.2. The number of alkyl halides is 3. The van der Waals surface area contributed by atoms with Crippen LogP contribution in [0.15, 0.2) is 0 Å². The standard InChI is InChI=1S/C11H21F3N2O2S/c1-2-16(9-11(12,13)14)19(17,18)8-4-3-7-15-10-5-6-10/h10,15H,2-9H2,1H3. The Hall–Kier alpha value is -0.340. The van der Waals surface area contributed by atoms with Gasteiger partial charge in [-0.2, -0.15) is 17.5 Å². The Balaban J connectivity index is 2.30. The predicted octanol–water partition coefficient (Wildman–Crippen LogP) is 1.73. The molecule has 0 aromatic heterocycles. The molecule has 0 radical (unpaired) electrons. The summed E-state index contributed by atoms with van der Waals surface area (Å²) in [7, 11) is -3.81. The van der Waals surface area contributed by atoms with Crippen molar-refractivity contribution in [2.24, 2.45) is 0 Å². The first kappa shape index (κ1) is 16.7. The van der Waals surface area contributed by atoms with Gasteiger partial charge in [0.15, 0.2) is 0 Å². The van der Waals surface area contributed by atoms with Gasteiger partial charge in [0.2, 0.25) is 10.0 Å². The normalized spacial score (nSPS) is 17.1. The molecule has 4 nitrogen and oxygen atoms in total. The maximum Gasteiger partial charge on any atom is 0.402 e. The van der Waals surface area contributed by atoms with Crippen molar-refractivity contribution < 1.29 is 21.6 Å². The minimum absolute atomic E-state index is 0.151. The van der Waals surface area contributed by atoms with E-state index in [2.05, 4.69) is 5.32 Å². The Bertz CT molecular complexity index is 367. The third-order valence-electron chi connectivity index (χ3n) is 2.94. The van der Waals surface area contributed by atoms with Crippen LogP contribution in [-0.4, -0.2) is 50.3 Å². The second kappa shape index (κ2) is 6.90. The second-order valence-corrected chi connectivity index (χ2v) is 6.88. The molecule has 1 saturated carbocycles. The number of rotatable bonds is 9. The van der Waals surface area contributed by atoms with Crippen LogP contribution in [0.25, 0.3) is 0 Å². The Morgan fingerprint density at radius 2 is 1.89 bits per heavy atom. The van der Waals surface area contributed by atoms with Gasteiger partial charge in [-0.25, -0.2) is 8.42 Å². The maximum atomic E-state index is 12.2. The zero-order valence-electron chi connectivity index (χ0n) is 11.0. The Morgan fingerprint density at radius 1 is 1.26 bits per heavy atom. The van der Waals surface area contributed by atoms with Crippen LogP contribution in [0, 0.1) is 0 Å². The molecule has 19 heavy (non-hydrogen) atoms. The summed E-state index contributed by atoms with van der Waals surface area (Å²) in [6.45, 7) is 0.595. The summed E-state index contributed by atoms with van der Waals surface area (Å²) in [5.74, 6) is -0.219. The Kier molecular flexibility index (Phi) is 6.07. The van der Waals surface area contributed by atoms with Crippen LogP contribution in [0.4, 0.5) is 13.2 Å². The molecule has 0 spiro atoms. The van der Waals surface area contributed by atoms with Crippen molar-refractivity contribution in [1.29, 1.82) is 0 Å². The summed E-state index contributed by atoms with van der Waals surface area (Å²) in [6.07, 6.45) is -1.12. The molecular formula is C11H21F3N2O2S. The Morgan fingerprint density at radius 3 is 2.37 bits per heavy atom. The fraction of sp³-hybridized carbons (Fsp3) is 1.00. The van der Waals surface area contributed by atoms with Crippen LogP contribution in [-0.2, 0) is 10.0 Å². The van der Waals surface area contributed by atoms with Gasteiger partial charge in [-0.15, -0.1) is 0 Å². The van der Waals surface area contributed by atoms with E-state index in [-0.39, 0.29) is 12.3 Å². The smallest absolute Gasteiger partial charge is 0.314 e. The van der Waals surface area contributed by atoms with E-state index in [1.807, 2.05) is 0 Å². The Labute approximate surface area is 112 Å². The van der Waals surface area contributed by atoms with Crippen molar-refractivity contribution in [2.75, 3.05) is 25.4 Å². The SMILES string of the molecule is CCN(CC(F)(F)F)S(=O)(=O)CCCCNC1CC1. The summed E-state index contributed by atoms with van der Waals surface area (Å²) in [4.78, 5) is 0. The molecule has 0 heterocycles. The van der Waals surface area contributed by atoms with Gasteiger partial charge in [-0.1, -0.05) is 6.92 Å². The molecule has 1 N–H and O–H groups in total. The fourth-order valence-corrected chi connectivity index (χ4v) is 3.30. The lowest BCUT2D eigenvalue weighted by Gasteiger charge is -2.21. The molecule has 8 heteroatoms. The number of hydrogen-bond donors (Lipinski definition) is 1. The first-order chi connectivity index (χ1) is 8.74. The molecule has 1 aliphatic carbocycles. The van der Waals surface area contributed by atoms with Crippen molar-refractivity contribution >= 4 is 10.0 Å².